The maximum Gasteiger partial charge on any atom is 0.320 e. The van der Waals surface area contributed by atoms with Gasteiger partial charge in [-0.3, -0.25) is 4.79 Å². The smallest absolute Gasteiger partial charge is 0.320 e. The van der Waals surface area contributed by atoms with Crippen LogP contribution < -0.4 is 5.32 Å². The van der Waals surface area contributed by atoms with E-state index in [9.17, 15) is 4.79 Å². The molecular formula is C5H8N4O2. The van der Waals surface area contributed by atoms with Crippen LogP contribution in [-0.4, -0.2) is 29.7 Å². The molecule has 0 bridgehead atoms. The van der Waals surface area contributed by atoms with E-state index in [2.05, 4.69) is 15.3 Å². The van der Waals surface area contributed by atoms with Gasteiger partial charge in [0, 0.05) is 11.5 Å². The van der Waals surface area contributed by atoms with Gasteiger partial charge in [-0.05, 0) is 12.0 Å². The summed E-state index contributed by atoms with van der Waals surface area (Å²) in [7, 11) is 0. The zero-order valence-electron chi connectivity index (χ0n) is 5.77. The summed E-state index contributed by atoms with van der Waals surface area (Å²) in [5, 5.41) is 14.6. The molecule has 0 saturated carbocycles. The van der Waals surface area contributed by atoms with E-state index >= 15 is 0 Å². The number of carboxylic acids is 1. The lowest BCUT2D eigenvalue weighted by Crippen LogP contribution is -2.29. The molecule has 0 radical (unpaired) electrons. The van der Waals surface area contributed by atoms with Crippen LogP contribution >= 0.6 is 0 Å². The van der Waals surface area contributed by atoms with Gasteiger partial charge < -0.3 is 10.4 Å². The van der Waals surface area contributed by atoms with Crippen LogP contribution in [0, 0.1) is 0 Å². The Morgan fingerprint density at radius 3 is 3.00 bits per heavy atom. The normalized spacial score (nSPS) is 29.5. The molecule has 1 aliphatic heterocycles. The molecule has 2 N–H and O–H groups in total. The molecule has 60 valence electrons. The number of hydrogen-bond acceptors (Lipinski definition) is 3. The second-order valence-corrected chi connectivity index (χ2v) is 2.39. The monoisotopic (exact) mass is 156 g/mol. The molecule has 6 nitrogen and oxygen atoms in total. The largest absolute Gasteiger partial charge is 0.480 e. The number of rotatable bonds is 2. The first-order valence-electron chi connectivity index (χ1n) is 3.24. The van der Waals surface area contributed by atoms with Crippen molar-refractivity contribution in [3.8, 4) is 0 Å². The molecule has 0 aliphatic carbocycles. The van der Waals surface area contributed by atoms with Crippen LogP contribution in [0.3, 0.4) is 0 Å². The molecule has 1 heterocycles. The molecule has 0 aromatic heterocycles. The lowest BCUT2D eigenvalue weighted by atomic mass is 10.2. The maximum absolute atomic E-state index is 10.4. The number of aliphatic carboxylic acids is 1. The maximum atomic E-state index is 10.4. The van der Waals surface area contributed by atoms with Gasteiger partial charge in [0.25, 0.3) is 0 Å². The number of hydrogen-bond donors (Lipinski definition) is 2. The molecule has 0 aromatic carbocycles. The minimum atomic E-state index is -0.888. The number of carbonyl (C=O) groups is 1. The van der Waals surface area contributed by atoms with Crippen LogP contribution in [0.15, 0.2) is 5.11 Å². The predicted molar refractivity (Wildman–Crippen MR) is 37.0 cm³/mol. The average molecular weight is 156 g/mol. The van der Waals surface area contributed by atoms with Gasteiger partial charge in [-0.25, -0.2) is 0 Å². The van der Waals surface area contributed by atoms with E-state index in [1.165, 1.54) is 0 Å². The van der Waals surface area contributed by atoms with Gasteiger partial charge in [0.05, 0.1) is 6.04 Å². The number of nitrogens with zero attached hydrogens (tertiary/aromatic N) is 3. The summed E-state index contributed by atoms with van der Waals surface area (Å²) in [6.45, 7) is 0.459. The highest BCUT2D eigenvalue weighted by Crippen LogP contribution is 2.09. The van der Waals surface area contributed by atoms with Crippen molar-refractivity contribution in [2.45, 2.75) is 18.5 Å². The van der Waals surface area contributed by atoms with Crippen LogP contribution in [-0.2, 0) is 4.79 Å². The minimum Gasteiger partial charge on any atom is -0.480 e. The Balaban J connectivity index is 2.46. The van der Waals surface area contributed by atoms with Crippen molar-refractivity contribution in [2.24, 2.45) is 5.11 Å². The Kier molecular flexibility index (Phi) is 2.30. The van der Waals surface area contributed by atoms with Gasteiger partial charge in [-0.2, -0.15) is 0 Å². The quantitative estimate of drug-likeness (QED) is 0.337. The van der Waals surface area contributed by atoms with Gasteiger partial charge in [0.1, 0.15) is 6.04 Å². The first-order chi connectivity index (χ1) is 5.24. The van der Waals surface area contributed by atoms with E-state index in [1.54, 1.807) is 0 Å². The molecule has 6 heteroatoms. The molecule has 0 unspecified atom stereocenters. The topological polar surface area (TPSA) is 98.1 Å². The fraction of sp³-hybridized carbons (Fsp3) is 0.800. The van der Waals surface area contributed by atoms with E-state index in [0.717, 1.165) is 0 Å². The summed E-state index contributed by atoms with van der Waals surface area (Å²) in [6, 6.07) is -0.758. The third-order valence-electron chi connectivity index (χ3n) is 1.62. The fourth-order valence-electron chi connectivity index (χ4n) is 1.07. The van der Waals surface area contributed by atoms with Gasteiger partial charge in [0.15, 0.2) is 0 Å². The first-order valence-corrected chi connectivity index (χ1v) is 3.24. The van der Waals surface area contributed by atoms with E-state index in [1.807, 2.05) is 0 Å². The summed E-state index contributed by atoms with van der Waals surface area (Å²) in [4.78, 5) is 13.0. The second-order valence-electron chi connectivity index (χ2n) is 2.39. The molecule has 1 fully saturated rings. The number of nitrogens with one attached hydrogen (secondary N) is 1. The fourth-order valence-corrected chi connectivity index (χ4v) is 1.07. The van der Waals surface area contributed by atoms with Crippen molar-refractivity contribution in [2.75, 3.05) is 6.54 Å². The van der Waals surface area contributed by atoms with E-state index in [-0.39, 0.29) is 6.04 Å². The van der Waals surface area contributed by atoms with Crippen LogP contribution in [0.1, 0.15) is 6.42 Å². The molecule has 0 spiro atoms. The van der Waals surface area contributed by atoms with Crippen molar-refractivity contribution < 1.29 is 9.90 Å². The highest BCUT2D eigenvalue weighted by atomic mass is 16.4. The zero-order valence-corrected chi connectivity index (χ0v) is 5.77. The van der Waals surface area contributed by atoms with Crippen molar-refractivity contribution in [3.63, 3.8) is 0 Å². The molecular weight excluding hydrogens is 148 g/mol. The highest BCUT2D eigenvalue weighted by molar-refractivity contribution is 5.73. The highest BCUT2D eigenvalue weighted by Gasteiger charge is 2.27. The van der Waals surface area contributed by atoms with Crippen LogP contribution in [0.25, 0.3) is 10.4 Å². The van der Waals surface area contributed by atoms with E-state index in [0.29, 0.717) is 13.0 Å². The van der Waals surface area contributed by atoms with Crippen LogP contribution in [0.5, 0.6) is 0 Å². The Bertz CT molecular complexity index is 203. The Morgan fingerprint density at radius 2 is 2.55 bits per heavy atom. The molecule has 0 amide bonds. The lowest BCUT2D eigenvalue weighted by molar-refractivity contribution is -0.139. The minimum absolute atomic E-state index is 0.207. The number of carboxylic acid groups (broad SMARTS) is 1. The Morgan fingerprint density at radius 1 is 1.82 bits per heavy atom. The van der Waals surface area contributed by atoms with Gasteiger partial charge in [-0.15, -0.1) is 0 Å². The third kappa shape index (κ3) is 1.83. The zero-order chi connectivity index (χ0) is 8.27. The molecule has 0 aromatic rings. The SMILES string of the molecule is [N-]=[N+]=N[C@@H]1CN[C@H](C(=O)O)C1. The molecule has 1 rings (SSSR count). The van der Waals surface area contributed by atoms with Gasteiger partial charge in [-0.1, -0.05) is 5.11 Å². The first kappa shape index (κ1) is 7.84. The van der Waals surface area contributed by atoms with Crippen LogP contribution in [0.2, 0.25) is 0 Å². The summed E-state index contributed by atoms with van der Waals surface area (Å²) in [6.07, 6.45) is 0.388. The van der Waals surface area contributed by atoms with Gasteiger partial charge >= 0.3 is 5.97 Å². The molecule has 1 aliphatic rings. The van der Waals surface area contributed by atoms with E-state index in [4.69, 9.17) is 10.6 Å². The summed E-state index contributed by atoms with van der Waals surface area (Å²) >= 11 is 0. The van der Waals surface area contributed by atoms with Crippen LogP contribution in [0.4, 0.5) is 0 Å². The lowest BCUT2D eigenvalue weighted by Gasteiger charge is -2.00. The summed E-state index contributed by atoms with van der Waals surface area (Å²) in [5.74, 6) is -0.888. The summed E-state index contributed by atoms with van der Waals surface area (Å²) in [5.41, 5.74) is 8.03. The predicted octanol–water partition coefficient (Wildman–Crippen LogP) is 0.112. The van der Waals surface area contributed by atoms with Crippen molar-refractivity contribution in [3.05, 3.63) is 10.4 Å². The average Bonchev–Trinajstić information content (AvgIpc) is 2.37. The standard InChI is InChI=1S/C5H8N4O2/c6-9-8-3-1-4(5(10)11)7-2-3/h3-4,7H,1-2H2,(H,10,11)/t3-,4-/m0/s1. The van der Waals surface area contributed by atoms with Crippen molar-refractivity contribution in [1.82, 2.24) is 5.32 Å². The molecule has 11 heavy (non-hydrogen) atoms. The van der Waals surface area contributed by atoms with Gasteiger partial charge in [0.2, 0.25) is 0 Å². The molecule has 2 atom stereocenters. The second kappa shape index (κ2) is 3.23. The Hall–Kier alpha value is -1.26. The van der Waals surface area contributed by atoms with E-state index < -0.39 is 12.0 Å². The third-order valence-corrected chi connectivity index (χ3v) is 1.62. The molecule has 1 saturated heterocycles. The Labute approximate surface area is 62.8 Å². The van der Waals surface area contributed by atoms with Crippen molar-refractivity contribution in [1.29, 1.82) is 0 Å². The van der Waals surface area contributed by atoms with Crippen molar-refractivity contribution >= 4 is 5.97 Å². The number of azide groups is 1. The summed E-state index contributed by atoms with van der Waals surface area (Å²) < 4.78 is 0.